The minimum Gasteiger partial charge on any atom is -0.396 e. The fourth-order valence-electron chi connectivity index (χ4n) is 2.91. The first-order valence-corrected chi connectivity index (χ1v) is 8.63. The molecule has 6 heteroatoms. The first-order valence-electron chi connectivity index (χ1n) is 8.25. The van der Waals surface area contributed by atoms with E-state index in [0.29, 0.717) is 36.8 Å². The number of piperidine rings is 1. The van der Waals surface area contributed by atoms with E-state index in [1.54, 1.807) is 12.1 Å². The molecule has 0 radical (unpaired) electrons. The molecule has 0 atom stereocenters. The summed E-state index contributed by atoms with van der Waals surface area (Å²) in [6.07, 6.45) is 2.46. The average Bonchev–Trinajstić information content (AvgIpc) is 2.61. The number of fused-ring (bicyclic) bond motifs is 1. The second kappa shape index (κ2) is 7.92. The summed E-state index contributed by atoms with van der Waals surface area (Å²) < 4.78 is 5.70. The summed E-state index contributed by atoms with van der Waals surface area (Å²) in [5.41, 5.74) is 1.18. The van der Waals surface area contributed by atoms with Crippen molar-refractivity contribution in [3.05, 3.63) is 41.0 Å². The fraction of sp³-hybridized carbons (Fsp3) is 0.444. The molecule has 1 aliphatic rings. The number of benzene rings is 1. The van der Waals surface area contributed by atoms with Crippen LogP contribution in [-0.2, 0) is 4.74 Å². The lowest BCUT2D eigenvalue weighted by Gasteiger charge is -2.31. The van der Waals surface area contributed by atoms with Gasteiger partial charge in [0.15, 0.2) is 0 Å². The zero-order chi connectivity index (χ0) is 16.9. The van der Waals surface area contributed by atoms with Crippen molar-refractivity contribution in [1.82, 2.24) is 9.88 Å². The number of amides is 1. The second-order valence-electron chi connectivity index (χ2n) is 5.97. The number of halogens is 1. The van der Waals surface area contributed by atoms with E-state index >= 15 is 0 Å². The van der Waals surface area contributed by atoms with E-state index in [4.69, 9.17) is 21.4 Å². The Balaban J connectivity index is 1.63. The number of aromatic nitrogens is 1. The van der Waals surface area contributed by atoms with E-state index < -0.39 is 0 Å². The minimum atomic E-state index is -0.0503. The van der Waals surface area contributed by atoms with Gasteiger partial charge in [-0.25, -0.2) is 4.98 Å². The SMILES string of the molecule is O=C(c1ccc2ccc(Cl)cc2n1)N1CCC(OCCCO)CC1. The van der Waals surface area contributed by atoms with Gasteiger partial charge in [-0.15, -0.1) is 0 Å². The Kier molecular flexibility index (Phi) is 5.66. The van der Waals surface area contributed by atoms with Crippen molar-refractivity contribution < 1.29 is 14.6 Å². The Morgan fingerprint density at radius 1 is 1.29 bits per heavy atom. The third-order valence-corrected chi connectivity index (χ3v) is 4.49. The normalized spacial score (nSPS) is 15.8. The number of hydrogen-bond donors (Lipinski definition) is 1. The second-order valence-corrected chi connectivity index (χ2v) is 6.41. The predicted octanol–water partition coefficient (Wildman–Crippen LogP) is 2.89. The molecule has 0 unspecified atom stereocenters. The van der Waals surface area contributed by atoms with Crippen LogP contribution < -0.4 is 0 Å². The predicted molar refractivity (Wildman–Crippen MR) is 93.3 cm³/mol. The quantitative estimate of drug-likeness (QED) is 0.844. The number of carbonyl (C=O) groups is 1. The molecular formula is C18H21ClN2O3. The smallest absolute Gasteiger partial charge is 0.272 e. The molecule has 24 heavy (non-hydrogen) atoms. The van der Waals surface area contributed by atoms with Crippen molar-refractivity contribution in [2.45, 2.75) is 25.4 Å². The number of aliphatic hydroxyl groups is 1. The molecule has 0 saturated carbocycles. The molecule has 1 aromatic carbocycles. The molecule has 2 aromatic rings. The summed E-state index contributed by atoms with van der Waals surface area (Å²) in [6.45, 7) is 2.05. The highest BCUT2D eigenvalue weighted by atomic mass is 35.5. The monoisotopic (exact) mass is 348 g/mol. The molecule has 1 amide bonds. The van der Waals surface area contributed by atoms with Crippen LogP contribution in [0.4, 0.5) is 0 Å². The maximum atomic E-state index is 12.7. The van der Waals surface area contributed by atoms with Crippen LogP contribution in [0.3, 0.4) is 0 Å². The standard InChI is InChI=1S/C18H21ClN2O3/c19-14-4-2-13-3-5-16(20-17(13)12-14)18(23)21-8-6-15(7-9-21)24-11-1-10-22/h2-5,12,15,22H,1,6-11H2. The van der Waals surface area contributed by atoms with E-state index in [1.165, 1.54) is 0 Å². The molecule has 1 aromatic heterocycles. The molecule has 1 saturated heterocycles. The zero-order valence-corrected chi connectivity index (χ0v) is 14.2. The van der Waals surface area contributed by atoms with E-state index in [-0.39, 0.29) is 18.6 Å². The van der Waals surface area contributed by atoms with Gasteiger partial charge in [-0.3, -0.25) is 4.79 Å². The van der Waals surface area contributed by atoms with E-state index in [1.807, 2.05) is 23.1 Å². The molecule has 0 bridgehead atoms. The van der Waals surface area contributed by atoms with Crippen LogP contribution in [0.25, 0.3) is 10.9 Å². The third-order valence-electron chi connectivity index (χ3n) is 4.26. The maximum Gasteiger partial charge on any atom is 0.272 e. The van der Waals surface area contributed by atoms with Crippen molar-refractivity contribution in [2.75, 3.05) is 26.3 Å². The lowest BCUT2D eigenvalue weighted by molar-refractivity contribution is 0.00385. The molecule has 5 nitrogen and oxygen atoms in total. The summed E-state index contributed by atoms with van der Waals surface area (Å²) >= 11 is 6.00. The number of ether oxygens (including phenoxy) is 1. The van der Waals surface area contributed by atoms with Gasteiger partial charge in [-0.1, -0.05) is 23.7 Å². The van der Waals surface area contributed by atoms with Crippen LogP contribution in [0.2, 0.25) is 5.02 Å². The number of hydrogen-bond acceptors (Lipinski definition) is 4. The zero-order valence-electron chi connectivity index (χ0n) is 13.4. The van der Waals surface area contributed by atoms with Gasteiger partial charge >= 0.3 is 0 Å². The van der Waals surface area contributed by atoms with Gasteiger partial charge in [-0.05, 0) is 37.5 Å². The Morgan fingerprint density at radius 3 is 2.79 bits per heavy atom. The number of pyridine rings is 1. The first kappa shape index (κ1) is 17.1. The van der Waals surface area contributed by atoms with Crippen molar-refractivity contribution in [2.24, 2.45) is 0 Å². The van der Waals surface area contributed by atoms with Crippen LogP contribution in [0.15, 0.2) is 30.3 Å². The van der Waals surface area contributed by atoms with Gasteiger partial charge in [0, 0.05) is 36.7 Å². The molecular weight excluding hydrogens is 328 g/mol. The van der Waals surface area contributed by atoms with Crippen molar-refractivity contribution in [3.8, 4) is 0 Å². The first-order chi connectivity index (χ1) is 11.7. The highest BCUT2D eigenvalue weighted by molar-refractivity contribution is 6.31. The summed E-state index contributed by atoms with van der Waals surface area (Å²) in [6, 6.07) is 9.15. The van der Waals surface area contributed by atoms with Gasteiger partial charge in [0.25, 0.3) is 5.91 Å². The molecule has 0 aliphatic carbocycles. The minimum absolute atomic E-state index is 0.0503. The molecule has 128 valence electrons. The summed E-state index contributed by atoms with van der Waals surface area (Å²) in [4.78, 5) is 18.9. The van der Waals surface area contributed by atoms with Crippen LogP contribution >= 0.6 is 11.6 Å². The van der Waals surface area contributed by atoms with Gasteiger partial charge in [-0.2, -0.15) is 0 Å². The Hall–Kier alpha value is -1.69. The number of aliphatic hydroxyl groups excluding tert-OH is 1. The summed E-state index contributed by atoms with van der Waals surface area (Å²) in [7, 11) is 0. The highest BCUT2D eigenvalue weighted by Crippen LogP contribution is 2.20. The molecule has 3 rings (SSSR count). The van der Waals surface area contributed by atoms with E-state index in [0.717, 1.165) is 23.7 Å². The molecule has 1 aliphatic heterocycles. The lowest BCUT2D eigenvalue weighted by Crippen LogP contribution is -2.41. The number of carbonyl (C=O) groups excluding carboxylic acids is 1. The maximum absolute atomic E-state index is 12.7. The van der Waals surface area contributed by atoms with Crippen LogP contribution in [0, 0.1) is 0 Å². The Labute approximate surface area is 146 Å². The van der Waals surface area contributed by atoms with Gasteiger partial charge in [0.1, 0.15) is 5.69 Å². The van der Waals surface area contributed by atoms with Crippen LogP contribution in [-0.4, -0.2) is 53.3 Å². The van der Waals surface area contributed by atoms with Gasteiger partial charge < -0.3 is 14.7 Å². The van der Waals surface area contributed by atoms with Crippen molar-refractivity contribution in [1.29, 1.82) is 0 Å². The number of likely N-dealkylation sites (tertiary alicyclic amines) is 1. The summed E-state index contributed by atoms with van der Waals surface area (Å²) in [5, 5.41) is 10.4. The molecule has 0 spiro atoms. The summed E-state index contributed by atoms with van der Waals surface area (Å²) in [5.74, 6) is -0.0503. The van der Waals surface area contributed by atoms with Crippen molar-refractivity contribution >= 4 is 28.4 Å². The van der Waals surface area contributed by atoms with E-state index in [9.17, 15) is 4.79 Å². The van der Waals surface area contributed by atoms with Gasteiger partial charge in [0.05, 0.1) is 11.6 Å². The Bertz CT molecular complexity index is 714. The molecule has 1 fully saturated rings. The largest absolute Gasteiger partial charge is 0.396 e. The topological polar surface area (TPSA) is 62.7 Å². The lowest BCUT2D eigenvalue weighted by atomic mass is 10.1. The number of nitrogens with zero attached hydrogens (tertiary/aromatic N) is 2. The average molecular weight is 349 g/mol. The molecule has 1 N–H and O–H groups in total. The Morgan fingerprint density at radius 2 is 2.04 bits per heavy atom. The van der Waals surface area contributed by atoms with E-state index in [2.05, 4.69) is 4.98 Å². The molecule has 2 heterocycles. The van der Waals surface area contributed by atoms with Crippen LogP contribution in [0.1, 0.15) is 29.8 Å². The number of rotatable bonds is 5. The van der Waals surface area contributed by atoms with Crippen LogP contribution in [0.5, 0.6) is 0 Å². The van der Waals surface area contributed by atoms with Crippen molar-refractivity contribution in [3.63, 3.8) is 0 Å². The fourth-order valence-corrected chi connectivity index (χ4v) is 3.08. The third kappa shape index (κ3) is 4.04. The highest BCUT2D eigenvalue weighted by Gasteiger charge is 2.24. The van der Waals surface area contributed by atoms with Gasteiger partial charge in [0.2, 0.25) is 0 Å².